The zero-order chi connectivity index (χ0) is 40.7. The number of amides is 6. The number of hydrogen-bond acceptors (Lipinski definition) is 6. The van der Waals surface area contributed by atoms with Gasteiger partial charge in [-0.3, -0.25) is 28.8 Å². The quantitative estimate of drug-likeness (QED) is 0.0865. The van der Waals surface area contributed by atoms with Crippen LogP contribution < -0.4 is 21.3 Å². The maximum Gasteiger partial charge on any atom is 0.253 e. The number of carbonyl (C=O) groups excluding carboxylic acids is 6. The first kappa shape index (κ1) is 46.4. The summed E-state index contributed by atoms with van der Waals surface area (Å²) in [7, 11) is 0. The summed E-state index contributed by atoms with van der Waals surface area (Å²) in [6.45, 7) is 11.2. The number of unbranched alkanes of at least 4 members (excludes halogenated alkanes) is 12. The van der Waals surface area contributed by atoms with Gasteiger partial charge in [0.25, 0.3) is 11.8 Å². The van der Waals surface area contributed by atoms with Gasteiger partial charge in [-0.15, -0.1) is 0 Å². The fourth-order valence-corrected chi connectivity index (χ4v) is 7.70. The first-order valence-electron chi connectivity index (χ1n) is 22.0. The Kier molecular flexibility index (Phi) is 21.6. The Labute approximate surface area is 336 Å². The van der Waals surface area contributed by atoms with Crippen molar-refractivity contribution in [3.63, 3.8) is 0 Å². The lowest BCUT2D eigenvalue weighted by molar-refractivity contribution is -0.132. The Morgan fingerprint density at radius 1 is 0.411 bits per heavy atom. The minimum Gasteiger partial charge on any atom is -0.356 e. The SMILES string of the molecule is CCCCCCNC(=O)C1CN(C(=O)c2ccc(C(=O)N3C[C@@H](C(=O)NCCCCCC)[C@H](C(=O)NCCCCCC)C3)cc2)C[C@H]1C(=O)NCCCCCC. The van der Waals surface area contributed by atoms with Crippen LogP contribution in [0.5, 0.6) is 0 Å². The molecule has 2 aliphatic heterocycles. The summed E-state index contributed by atoms with van der Waals surface area (Å²) in [5, 5.41) is 12.0. The Morgan fingerprint density at radius 3 is 0.857 bits per heavy atom. The molecule has 2 saturated heterocycles. The number of rotatable bonds is 26. The average Bonchev–Trinajstić information content (AvgIpc) is 3.86. The Balaban J connectivity index is 1.68. The molecule has 2 fully saturated rings. The van der Waals surface area contributed by atoms with Crippen molar-refractivity contribution in [1.82, 2.24) is 31.1 Å². The number of nitrogens with zero attached hydrogens (tertiary/aromatic N) is 2. The number of nitrogens with one attached hydrogen (secondary N) is 4. The molecule has 12 nitrogen and oxygen atoms in total. The number of likely N-dealkylation sites (tertiary alicyclic amines) is 2. The van der Waals surface area contributed by atoms with Crippen LogP contribution in [0.1, 0.15) is 151 Å². The van der Waals surface area contributed by atoms with Gasteiger partial charge >= 0.3 is 0 Å². The maximum absolute atomic E-state index is 13.8. The van der Waals surface area contributed by atoms with E-state index in [9.17, 15) is 28.8 Å². The Hall–Kier alpha value is -3.96. The van der Waals surface area contributed by atoms with Gasteiger partial charge in [0.15, 0.2) is 0 Å². The zero-order valence-electron chi connectivity index (χ0n) is 34.9. The lowest BCUT2D eigenvalue weighted by Gasteiger charge is -2.18. The van der Waals surface area contributed by atoms with E-state index in [2.05, 4.69) is 49.0 Å². The standard InChI is InChI=1S/C44H72N6O6/c1-5-9-13-17-25-45-39(51)35-29-49(30-36(35)40(52)46-26-18-14-10-6-2)43(55)33-21-23-34(24-22-33)44(56)50-31-37(41(53)47-27-19-15-11-7-3)38(32-50)42(54)48-28-20-16-12-8-4/h21-24,35-38H,5-20,25-32H2,1-4H3,(H,45,51)(H,46,52)(H,47,53)(H,48,54)/t35-,36-,37-,38?/m1/s1. The molecule has 0 bridgehead atoms. The fourth-order valence-electron chi connectivity index (χ4n) is 7.70. The highest BCUT2D eigenvalue weighted by Gasteiger charge is 2.45. The highest BCUT2D eigenvalue weighted by Crippen LogP contribution is 2.28. The molecule has 0 spiro atoms. The van der Waals surface area contributed by atoms with Crippen LogP contribution in [0.25, 0.3) is 0 Å². The van der Waals surface area contributed by atoms with Crippen molar-refractivity contribution < 1.29 is 28.8 Å². The molecule has 4 N–H and O–H groups in total. The van der Waals surface area contributed by atoms with Crippen LogP contribution in [-0.2, 0) is 19.2 Å². The van der Waals surface area contributed by atoms with Crippen molar-refractivity contribution in [2.75, 3.05) is 52.4 Å². The van der Waals surface area contributed by atoms with E-state index in [0.29, 0.717) is 37.3 Å². The summed E-state index contributed by atoms with van der Waals surface area (Å²) < 4.78 is 0. The monoisotopic (exact) mass is 781 g/mol. The highest BCUT2D eigenvalue weighted by molar-refractivity contribution is 6.00. The van der Waals surface area contributed by atoms with Gasteiger partial charge in [-0.2, -0.15) is 0 Å². The molecule has 2 aliphatic rings. The minimum absolute atomic E-state index is 0.131. The van der Waals surface area contributed by atoms with Crippen LogP contribution in [0.4, 0.5) is 0 Å². The highest BCUT2D eigenvalue weighted by atomic mass is 16.2. The van der Waals surface area contributed by atoms with E-state index in [-0.39, 0.29) is 61.6 Å². The molecule has 4 atom stereocenters. The summed E-state index contributed by atoms with van der Waals surface area (Å²) in [6.07, 6.45) is 16.3. The van der Waals surface area contributed by atoms with Crippen LogP contribution in [-0.4, -0.2) is 97.6 Å². The predicted octanol–water partition coefficient (Wildman–Crippen LogP) is 5.85. The molecule has 0 aromatic heterocycles. The third-order valence-corrected chi connectivity index (χ3v) is 11.3. The van der Waals surface area contributed by atoms with Crippen LogP contribution in [0.2, 0.25) is 0 Å². The maximum atomic E-state index is 13.8. The van der Waals surface area contributed by atoms with Gasteiger partial charge < -0.3 is 31.1 Å². The lowest BCUT2D eigenvalue weighted by Crippen LogP contribution is -2.42. The molecule has 0 aliphatic carbocycles. The summed E-state index contributed by atoms with van der Waals surface area (Å²) >= 11 is 0. The molecule has 1 aromatic rings. The van der Waals surface area contributed by atoms with Gasteiger partial charge in [0.05, 0.1) is 23.7 Å². The van der Waals surface area contributed by atoms with Gasteiger partial charge in [0, 0.05) is 63.5 Å². The van der Waals surface area contributed by atoms with Crippen molar-refractivity contribution in [3.05, 3.63) is 35.4 Å². The number of benzene rings is 1. The molecule has 6 amide bonds. The van der Waals surface area contributed by atoms with E-state index >= 15 is 0 Å². The van der Waals surface area contributed by atoms with Crippen molar-refractivity contribution in [3.8, 4) is 0 Å². The topological polar surface area (TPSA) is 157 Å². The second-order valence-electron chi connectivity index (χ2n) is 15.8. The van der Waals surface area contributed by atoms with Crippen molar-refractivity contribution in [2.24, 2.45) is 23.7 Å². The van der Waals surface area contributed by atoms with Crippen molar-refractivity contribution in [2.45, 2.75) is 130 Å². The third-order valence-electron chi connectivity index (χ3n) is 11.3. The van der Waals surface area contributed by atoms with E-state index < -0.39 is 23.7 Å². The fraction of sp³-hybridized carbons (Fsp3) is 0.727. The van der Waals surface area contributed by atoms with E-state index in [1.807, 2.05) is 0 Å². The third kappa shape index (κ3) is 14.8. The summed E-state index contributed by atoms with van der Waals surface area (Å²) in [6, 6.07) is 6.38. The second-order valence-corrected chi connectivity index (χ2v) is 15.8. The molecule has 56 heavy (non-hydrogen) atoms. The summed E-state index contributed by atoms with van der Waals surface area (Å²) in [5.41, 5.74) is 0.700. The second kappa shape index (κ2) is 26.1. The molecule has 3 rings (SSSR count). The molecular weight excluding hydrogens is 709 g/mol. The molecular formula is C44H72N6O6. The van der Waals surface area contributed by atoms with Crippen molar-refractivity contribution in [1.29, 1.82) is 0 Å². The van der Waals surface area contributed by atoms with Gasteiger partial charge in [-0.05, 0) is 49.9 Å². The molecule has 12 heteroatoms. The summed E-state index contributed by atoms with van der Waals surface area (Å²) in [4.78, 5) is 84.1. The van der Waals surface area contributed by atoms with Crippen molar-refractivity contribution >= 4 is 35.4 Å². The first-order valence-corrected chi connectivity index (χ1v) is 22.0. The summed E-state index contributed by atoms with van der Waals surface area (Å²) in [5.74, 6) is -4.06. The number of carbonyl (C=O) groups is 6. The molecule has 314 valence electrons. The van der Waals surface area contributed by atoms with Crippen LogP contribution in [0.3, 0.4) is 0 Å². The molecule has 0 saturated carbocycles. The van der Waals surface area contributed by atoms with Gasteiger partial charge in [0.2, 0.25) is 23.6 Å². The first-order chi connectivity index (χ1) is 27.2. The van der Waals surface area contributed by atoms with E-state index in [0.717, 1.165) is 103 Å². The molecule has 0 radical (unpaired) electrons. The van der Waals surface area contributed by atoms with E-state index in [1.54, 1.807) is 34.1 Å². The van der Waals surface area contributed by atoms with E-state index in [1.165, 1.54) is 0 Å². The smallest absolute Gasteiger partial charge is 0.253 e. The zero-order valence-corrected chi connectivity index (χ0v) is 34.9. The van der Waals surface area contributed by atoms with E-state index in [4.69, 9.17) is 0 Å². The molecule has 2 heterocycles. The van der Waals surface area contributed by atoms with Gasteiger partial charge in [0.1, 0.15) is 0 Å². The minimum atomic E-state index is -0.653. The largest absolute Gasteiger partial charge is 0.356 e. The predicted molar refractivity (Wildman–Crippen MR) is 221 cm³/mol. The van der Waals surface area contributed by atoms with Crippen LogP contribution >= 0.6 is 0 Å². The average molecular weight is 781 g/mol. The van der Waals surface area contributed by atoms with Gasteiger partial charge in [-0.25, -0.2) is 0 Å². The molecule has 1 unspecified atom stereocenters. The number of hydrogen-bond donors (Lipinski definition) is 4. The van der Waals surface area contributed by atoms with Crippen LogP contribution in [0.15, 0.2) is 24.3 Å². The Morgan fingerprint density at radius 2 is 0.643 bits per heavy atom. The van der Waals surface area contributed by atoms with Gasteiger partial charge in [-0.1, -0.05) is 105 Å². The lowest BCUT2D eigenvalue weighted by atomic mass is 9.94. The van der Waals surface area contributed by atoms with Crippen LogP contribution in [0, 0.1) is 23.7 Å². The normalized spacial score (nSPS) is 19.1. The molecule has 1 aromatic carbocycles. The Bertz CT molecular complexity index is 1220.